The van der Waals surface area contributed by atoms with Crippen molar-refractivity contribution in [3.05, 3.63) is 35.9 Å². The Morgan fingerprint density at radius 1 is 1.10 bits per heavy atom. The first kappa shape index (κ1) is 17.8. The minimum atomic E-state index is -1.04. The van der Waals surface area contributed by atoms with Gasteiger partial charge in [-0.1, -0.05) is 30.3 Å². The van der Waals surface area contributed by atoms with Crippen LogP contribution in [-0.2, 0) is 5.75 Å². The highest BCUT2D eigenvalue weighted by atomic mass is 35.5. The molecule has 0 aliphatic carbocycles. The van der Waals surface area contributed by atoms with E-state index in [-0.39, 0.29) is 18.4 Å². The van der Waals surface area contributed by atoms with Crippen LogP contribution >= 0.6 is 24.2 Å². The lowest BCUT2D eigenvalue weighted by Gasteiger charge is -2.36. The van der Waals surface area contributed by atoms with E-state index in [4.69, 9.17) is 0 Å². The summed E-state index contributed by atoms with van der Waals surface area (Å²) in [5.41, 5.74) is 1.29. The van der Waals surface area contributed by atoms with Crippen LogP contribution in [-0.4, -0.2) is 52.0 Å². The Bertz CT molecular complexity index is 382. The summed E-state index contributed by atoms with van der Waals surface area (Å²) < 4.78 is 0. The lowest BCUT2D eigenvalue weighted by molar-refractivity contribution is -0.0941. The SMILES string of the molecule is Cl.O[C@@H]1[C@@H](O)[C@@H](CCSCc2ccccc2)NC[C@H]1O. The fourth-order valence-electron chi connectivity index (χ4n) is 2.23. The van der Waals surface area contributed by atoms with Crippen molar-refractivity contribution >= 4 is 24.2 Å². The maximum Gasteiger partial charge on any atom is 0.108 e. The molecular formula is C14H22ClNO3S. The van der Waals surface area contributed by atoms with Gasteiger partial charge in [0.15, 0.2) is 0 Å². The van der Waals surface area contributed by atoms with Gasteiger partial charge in [-0.15, -0.1) is 12.4 Å². The van der Waals surface area contributed by atoms with E-state index in [9.17, 15) is 15.3 Å². The third-order valence-electron chi connectivity index (χ3n) is 3.43. The van der Waals surface area contributed by atoms with Crippen molar-refractivity contribution in [1.29, 1.82) is 0 Å². The van der Waals surface area contributed by atoms with Crippen LogP contribution in [0.5, 0.6) is 0 Å². The third kappa shape index (κ3) is 4.91. The number of aliphatic hydroxyl groups excluding tert-OH is 3. The van der Waals surface area contributed by atoms with E-state index in [1.807, 2.05) is 30.0 Å². The van der Waals surface area contributed by atoms with Gasteiger partial charge in [-0.05, 0) is 17.7 Å². The van der Waals surface area contributed by atoms with E-state index in [1.165, 1.54) is 5.56 Å². The average molecular weight is 320 g/mol. The summed E-state index contributed by atoms with van der Waals surface area (Å²) in [6.45, 7) is 0.340. The molecule has 4 nitrogen and oxygen atoms in total. The first-order valence-corrected chi connectivity index (χ1v) is 7.73. The molecule has 1 saturated heterocycles. The Morgan fingerprint density at radius 3 is 2.50 bits per heavy atom. The van der Waals surface area contributed by atoms with Crippen molar-refractivity contribution in [1.82, 2.24) is 5.32 Å². The summed E-state index contributed by atoms with van der Waals surface area (Å²) in [6, 6.07) is 10.1. The van der Waals surface area contributed by atoms with E-state index in [2.05, 4.69) is 17.4 Å². The lowest BCUT2D eigenvalue weighted by atomic mass is 9.94. The summed E-state index contributed by atoms with van der Waals surface area (Å²) >= 11 is 1.81. The number of nitrogens with one attached hydrogen (secondary N) is 1. The van der Waals surface area contributed by atoms with Gasteiger partial charge in [-0.2, -0.15) is 11.8 Å². The fraction of sp³-hybridized carbons (Fsp3) is 0.571. The van der Waals surface area contributed by atoms with E-state index < -0.39 is 18.3 Å². The highest BCUT2D eigenvalue weighted by molar-refractivity contribution is 7.98. The van der Waals surface area contributed by atoms with Gasteiger partial charge in [-0.3, -0.25) is 0 Å². The quantitative estimate of drug-likeness (QED) is 0.604. The van der Waals surface area contributed by atoms with Gasteiger partial charge in [0.05, 0.1) is 12.2 Å². The van der Waals surface area contributed by atoms with Crippen LogP contribution in [0.4, 0.5) is 0 Å². The van der Waals surface area contributed by atoms with E-state index in [0.717, 1.165) is 17.9 Å². The molecule has 4 atom stereocenters. The largest absolute Gasteiger partial charge is 0.389 e. The number of hydrogen-bond acceptors (Lipinski definition) is 5. The monoisotopic (exact) mass is 319 g/mol. The molecule has 4 N–H and O–H groups in total. The predicted octanol–water partition coefficient (Wildman–Crippen LogP) is 0.786. The Kier molecular flexibility index (Phi) is 7.87. The molecule has 2 rings (SSSR count). The lowest BCUT2D eigenvalue weighted by Crippen LogP contribution is -2.59. The number of halogens is 1. The normalized spacial score (nSPS) is 29.8. The number of piperidine rings is 1. The first-order valence-electron chi connectivity index (χ1n) is 6.57. The molecule has 1 aliphatic rings. The molecule has 0 spiro atoms. The number of hydrogen-bond donors (Lipinski definition) is 4. The standard InChI is InChI=1S/C14H21NO3S.ClH/c16-12-8-15-11(13(17)14(12)18)6-7-19-9-10-4-2-1-3-5-10;/h1-5,11-18H,6-9H2;1H/t11-,12-,13+,14+;/m1./s1. The van der Waals surface area contributed by atoms with E-state index >= 15 is 0 Å². The van der Waals surface area contributed by atoms with Gasteiger partial charge in [0.1, 0.15) is 6.10 Å². The van der Waals surface area contributed by atoms with Crippen molar-refractivity contribution in [2.24, 2.45) is 0 Å². The molecule has 1 aliphatic heterocycles. The molecule has 0 amide bonds. The minimum Gasteiger partial charge on any atom is -0.389 e. The molecule has 0 unspecified atom stereocenters. The van der Waals surface area contributed by atoms with Gasteiger partial charge < -0.3 is 20.6 Å². The van der Waals surface area contributed by atoms with Crippen LogP contribution in [0.2, 0.25) is 0 Å². The Morgan fingerprint density at radius 2 is 1.80 bits per heavy atom. The Hall–Kier alpha value is -0.300. The van der Waals surface area contributed by atoms with Crippen LogP contribution in [0.25, 0.3) is 0 Å². The molecule has 1 aromatic carbocycles. The molecule has 6 heteroatoms. The Labute approximate surface area is 130 Å². The molecule has 0 aromatic heterocycles. The molecule has 1 heterocycles. The van der Waals surface area contributed by atoms with Crippen LogP contribution in [0.3, 0.4) is 0 Å². The summed E-state index contributed by atoms with van der Waals surface area (Å²) in [6.07, 6.45) is -2.02. The number of benzene rings is 1. The molecule has 0 radical (unpaired) electrons. The summed E-state index contributed by atoms with van der Waals surface area (Å²) in [7, 11) is 0. The second kappa shape index (κ2) is 8.87. The van der Waals surface area contributed by atoms with Gasteiger partial charge >= 0.3 is 0 Å². The summed E-state index contributed by atoms with van der Waals surface area (Å²) in [5, 5.41) is 31.9. The van der Waals surface area contributed by atoms with E-state index in [1.54, 1.807) is 0 Å². The second-order valence-electron chi connectivity index (χ2n) is 4.89. The molecule has 114 valence electrons. The van der Waals surface area contributed by atoms with Crippen molar-refractivity contribution in [2.75, 3.05) is 12.3 Å². The number of rotatable bonds is 5. The number of aliphatic hydroxyl groups is 3. The fourth-order valence-corrected chi connectivity index (χ4v) is 3.22. The van der Waals surface area contributed by atoms with Crippen molar-refractivity contribution in [2.45, 2.75) is 36.5 Å². The molecular weight excluding hydrogens is 298 g/mol. The number of β-amino-alcohol motifs (C(OH)–C–C–N with tert-alkyl or cyclic N) is 1. The van der Waals surface area contributed by atoms with Crippen LogP contribution in [0.15, 0.2) is 30.3 Å². The van der Waals surface area contributed by atoms with Crippen LogP contribution in [0.1, 0.15) is 12.0 Å². The third-order valence-corrected chi connectivity index (χ3v) is 4.49. The Balaban J connectivity index is 0.00000200. The smallest absolute Gasteiger partial charge is 0.108 e. The first-order chi connectivity index (χ1) is 9.18. The summed E-state index contributed by atoms with van der Waals surface area (Å²) in [5.74, 6) is 1.86. The van der Waals surface area contributed by atoms with Crippen LogP contribution in [0, 0.1) is 0 Å². The zero-order valence-corrected chi connectivity index (χ0v) is 12.8. The minimum absolute atomic E-state index is 0. The van der Waals surface area contributed by atoms with Gasteiger partial charge in [0, 0.05) is 18.3 Å². The number of thioether (sulfide) groups is 1. The van der Waals surface area contributed by atoms with Gasteiger partial charge in [-0.25, -0.2) is 0 Å². The zero-order chi connectivity index (χ0) is 13.7. The van der Waals surface area contributed by atoms with Crippen LogP contribution < -0.4 is 5.32 Å². The molecule has 0 saturated carbocycles. The zero-order valence-electron chi connectivity index (χ0n) is 11.2. The van der Waals surface area contributed by atoms with E-state index in [0.29, 0.717) is 6.54 Å². The predicted molar refractivity (Wildman–Crippen MR) is 84.3 cm³/mol. The van der Waals surface area contributed by atoms with Gasteiger partial charge in [0.2, 0.25) is 0 Å². The molecule has 1 fully saturated rings. The maximum atomic E-state index is 9.84. The highest BCUT2D eigenvalue weighted by Gasteiger charge is 2.35. The topological polar surface area (TPSA) is 72.7 Å². The summed E-state index contributed by atoms with van der Waals surface area (Å²) in [4.78, 5) is 0. The molecule has 1 aromatic rings. The second-order valence-corrected chi connectivity index (χ2v) is 6.00. The maximum absolute atomic E-state index is 9.84. The van der Waals surface area contributed by atoms with Crippen molar-refractivity contribution in [3.63, 3.8) is 0 Å². The average Bonchev–Trinajstić information content (AvgIpc) is 2.44. The molecule has 0 bridgehead atoms. The van der Waals surface area contributed by atoms with Crippen molar-refractivity contribution < 1.29 is 15.3 Å². The molecule has 20 heavy (non-hydrogen) atoms. The van der Waals surface area contributed by atoms with Gasteiger partial charge in [0.25, 0.3) is 0 Å². The van der Waals surface area contributed by atoms with Crippen molar-refractivity contribution in [3.8, 4) is 0 Å². The highest BCUT2D eigenvalue weighted by Crippen LogP contribution is 2.18.